The van der Waals surface area contributed by atoms with Gasteiger partial charge >= 0.3 is 12.2 Å². The van der Waals surface area contributed by atoms with Crippen LogP contribution in [0, 0.1) is 0 Å². The topological polar surface area (TPSA) is 85.9 Å². The van der Waals surface area contributed by atoms with Crippen LogP contribution in [0.1, 0.15) is 5.56 Å². The molecule has 1 saturated heterocycles. The number of amides is 3. The average molecular weight is 480 g/mol. The van der Waals surface area contributed by atoms with Crippen molar-refractivity contribution in [3.63, 3.8) is 0 Å². The van der Waals surface area contributed by atoms with Crippen LogP contribution in [0.15, 0.2) is 48.5 Å². The number of alkyl halides is 3. The number of rotatable bonds is 8. The molecule has 184 valence electrons. The highest BCUT2D eigenvalue weighted by molar-refractivity contribution is 5.92. The smallest absolute Gasteiger partial charge is 0.383 e. The second-order valence-electron chi connectivity index (χ2n) is 7.75. The van der Waals surface area contributed by atoms with Crippen molar-refractivity contribution in [2.75, 3.05) is 68.5 Å². The number of nitrogens with one attached hydrogen (secondary N) is 3. The number of urea groups is 1. The van der Waals surface area contributed by atoms with Gasteiger partial charge in [-0.15, -0.1) is 0 Å². The largest absolute Gasteiger partial charge is 0.416 e. The molecule has 3 N–H and O–H groups in total. The van der Waals surface area contributed by atoms with Gasteiger partial charge in [0.2, 0.25) is 5.91 Å². The number of piperazine rings is 1. The zero-order valence-electron chi connectivity index (χ0n) is 18.8. The molecule has 2 aromatic carbocycles. The van der Waals surface area contributed by atoms with Crippen LogP contribution in [0.4, 0.5) is 35.0 Å². The molecular weight excluding hydrogens is 451 g/mol. The molecule has 1 aliphatic rings. The summed E-state index contributed by atoms with van der Waals surface area (Å²) in [7, 11) is 1.60. The van der Waals surface area contributed by atoms with E-state index in [1.165, 1.54) is 12.1 Å². The summed E-state index contributed by atoms with van der Waals surface area (Å²) in [5, 5.41) is 8.33. The lowest BCUT2D eigenvalue weighted by molar-refractivity contribution is -0.137. The van der Waals surface area contributed by atoms with Gasteiger partial charge in [0.1, 0.15) is 0 Å². The quantitative estimate of drug-likeness (QED) is 0.507. The lowest BCUT2D eigenvalue weighted by Crippen LogP contribution is -2.50. The number of hydrogen-bond acceptors (Lipinski definition) is 5. The SMILES string of the molecule is COCCNCC(=O)Nc1ccc(N2CCN(C(=O)Nc3cccc(C(F)(F)F)c3)CC2)cc1. The van der Waals surface area contributed by atoms with Crippen LogP contribution < -0.4 is 20.9 Å². The van der Waals surface area contributed by atoms with Gasteiger partial charge in [0.15, 0.2) is 0 Å². The minimum Gasteiger partial charge on any atom is -0.383 e. The Kier molecular flexibility index (Phi) is 8.72. The van der Waals surface area contributed by atoms with Gasteiger partial charge in [0.05, 0.1) is 18.7 Å². The standard InChI is InChI=1S/C23H28F3N5O3/c1-34-14-9-27-16-21(32)28-18-5-7-20(8-6-18)30-10-12-31(13-11-30)22(33)29-19-4-2-3-17(15-19)23(24,25)26/h2-8,15,27H,9-14,16H2,1H3,(H,28,32)(H,29,33). The van der Waals surface area contributed by atoms with Crippen LogP contribution in [0.25, 0.3) is 0 Å². The molecule has 0 aromatic heterocycles. The van der Waals surface area contributed by atoms with Crippen LogP contribution >= 0.6 is 0 Å². The fraction of sp³-hybridized carbons (Fsp3) is 0.391. The third-order valence-corrected chi connectivity index (χ3v) is 5.29. The maximum absolute atomic E-state index is 12.9. The van der Waals surface area contributed by atoms with Gasteiger partial charge in [-0.25, -0.2) is 4.79 Å². The molecule has 2 aromatic rings. The Balaban J connectivity index is 1.46. The van der Waals surface area contributed by atoms with Gasteiger partial charge in [-0.1, -0.05) is 6.07 Å². The second kappa shape index (κ2) is 11.7. The lowest BCUT2D eigenvalue weighted by Gasteiger charge is -2.36. The van der Waals surface area contributed by atoms with Crippen molar-refractivity contribution >= 4 is 29.0 Å². The molecule has 0 bridgehead atoms. The molecule has 1 heterocycles. The van der Waals surface area contributed by atoms with Crippen molar-refractivity contribution in [2.45, 2.75) is 6.18 Å². The van der Waals surface area contributed by atoms with Crippen molar-refractivity contribution in [3.8, 4) is 0 Å². The molecule has 0 aliphatic carbocycles. The Hall–Kier alpha value is -3.31. The second-order valence-corrected chi connectivity index (χ2v) is 7.75. The first kappa shape index (κ1) is 25.3. The van der Waals surface area contributed by atoms with Crippen LogP contribution in [0.2, 0.25) is 0 Å². The van der Waals surface area contributed by atoms with E-state index in [1.54, 1.807) is 12.0 Å². The summed E-state index contributed by atoms with van der Waals surface area (Å²) in [5.74, 6) is -0.149. The van der Waals surface area contributed by atoms with Crippen LogP contribution in [-0.4, -0.2) is 69.8 Å². The number of benzene rings is 2. The number of anilines is 3. The highest BCUT2D eigenvalue weighted by Crippen LogP contribution is 2.30. The molecule has 0 unspecified atom stereocenters. The van der Waals surface area contributed by atoms with E-state index >= 15 is 0 Å². The summed E-state index contributed by atoms with van der Waals surface area (Å²) in [6, 6.07) is 11.6. The molecule has 0 saturated carbocycles. The van der Waals surface area contributed by atoms with Gasteiger partial charge in [-0.05, 0) is 42.5 Å². The van der Waals surface area contributed by atoms with Gasteiger partial charge in [-0.3, -0.25) is 4.79 Å². The Bertz CT molecular complexity index is 961. The monoisotopic (exact) mass is 479 g/mol. The Morgan fingerprint density at radius 3 is 2.32 bits per heavy atom. The molecular formula is C23H28F3N5O3. The molecule has 1 aliphatic heterocycles. The van der Waals surface area contributed by atoms with E-state index in [-0.39, 0.29) is 18.1 Å². The number of methoxy groups -OCH3 is 1. The van der Waals surface area contributed by atoms with Crippen LogP contribution in [0.3, 0.4) is 0 Å². The summed E-state index contributed by atoms with van der Waals surface area (Å²) in [6.07, 6.45) is -4.47. The van der Waals surface area contributed by atoms with Crippen molar-refractivity contribution in [3.05, 3.63) is 54.1 Å². The molecule has 3 amide bonds. The van der Waals surface area contributed by atoms with Crippen molar-refractivity contribution < 1.29 is 27.5 Å². The van der Waals surface area contributed by atoms with Crippen LogP contribution in [-0.2, 0) is 15.7 Å². The summed E-state index contributed by atoms with van der Waals surface area (Å²) in [4.78, 5) is 28.1. The summed E-state index contributed by atoms with van der Waals surface area (Å²) in [6.45, 7) is 3.31. The summed E-state index contributed by atoms with van der Waals surface area (Å²) < 4.78 is 43.5. The maximum Gasteiger partial charge on any atom is 0.416 e. The van der Waals surface area contributed by atoms with Gasteiger partial charge in [-0.2, -0.15) is 13.2 Å². The van der Waals surface area contributed by atoms with E-state index in [1.807, 2.05) is 24.3 Å². The minimum atomic E-state index is -4.47. The van der Waals surface area contributed by atoms with E-state index in [0.29, 0.717) is 45.0 Å². The number of carbonyl (C=O) groups is 2. The van der Waals surface area contributed by atoms with E-state index in [9.17, 15) is 22.8 Å². The number of hydrogen-bond donors (Lipinski definition) is 3. The maximum atomic E-state index is 12.9. The Morgan fingerprint density at radius 1 is 0.971 bits per heavy atom. The van der Waals surface area contributed by atoms with Gasteiger partial charge in [0, 0.05) is 56.9 Å². The van der Waals surface area contributed by atoms with Crippen molar-refractivity contribution in [1.82, 2.24) is 10.2 Å². The molecule has 8 nitrogen and oxygen atoms in total. The first-order valence-corrected chi connectivity index (χ1v) is 10.8. The molecule has 3 rings (SSSR count). The number of carbonyl (C=O) groups excluding carboxylic acids is 2. The van der Waals surface area contributed by atoms with E-state index in [4.69, 9.17) is 4.74 Å². The zero-order valence-corrected chi connectivity index (χ0v) is 18.8. The highest BCUT2D eigenvalue weighted by atomic mass is 19.4. The summed E-state index contributed by atoms with van der Waals surface area (Å²) in [5.41, 5.74) is 0.932. The highest BCUT2D eigenvalue weighted by Gasteiger charge is 2.30. The molecule has 0 atom stereocenters. The van der Waals surface area contributed by atoms with Gasteiger partial charge in [0.25, 0.3) is 0 Å². The van der Waals surface area contributed by atoms with Crippen molar-refractivity contribution in [2.24, 2.45) is 0 Å². The first-order chi connectivity index (χ1) is 16.3. The fourth-order valence-electron chi connectivity index (χ4n) is 3.48. The Labute approximate surface area is 196 Å². The molecule has 0 radical (unpaired) electrons. The predicted molar refractivity (Wildman–Crippen MR) is 124 cm³/mol. The first-order valence-electron chi connectivity index (χ1n) is 10.8. The molecule has 34 heavy (non-hydrogen) atoms. The third-order valence-electron chi connectivity index (χ3n) is 5.29. The van der Waals surface area contributed by atoms with E-state index < -0.39 is 17.8 Å². The number of nitrogens with zero attached hydrogens (tertiary/aromatic N) is 2. The summed E-state index contributed by atoms with van der Waals surface area (Å²) >= 11 is 0. The number of halogens is 3. The molecule has 1 fully saturated rings. The molecule has 11 heteroatoms. The van der Waals surface area contributed by atoms with Crippen molar-refractivity contribution in [1.29, 1.82) is 0 Å². The number of ether oxygens (including phenoxy) is 1. The van der Waals surface area contributed by atoms with E-state index in [2.05, 4.69) is 20.9 Å². The lowest BCUT2D eigenvalue weighted by atomic mass is 10.2. The fourth-order valence-corrected chi connectivity index (χ4v) is 3.48. The van der Waals surface area contributed by atoms with E-state index in [0.717, 1.165) is 17.8 Å². The normalized spacial score (nSPS) is 14.1. The van der Waals surface area contributed by atoms with Crippen LogP contribution in [0.5, 0.6) is 0 Å². The zero-order chi connectivity index (χ0) is 24.6. The molecule has 0 spiro atoms. The third kappa shape index (κ3) is 7.35. The Morgan fingerprint density at radius 2 is 1.68 bits per heavy atom. The van der Waals surface area contributed by atoms with Gasteiger partial charge < -0.3 is 30.5 Å². The average Bonchev–Trinajstić information content (AvgIpc) is 2.82. The predicted octanol–water partition coefficient (Wildman–Crippen LogP) is 3.23. The minimum absolute atomic E-state index is 0.105.